The van der Waals surface area contributed by atoms with Crippen LogP contribution in [0.4, 0.5) is 24.0 Å². The second-order valence-electron chi connectivity index (χ2n) is 40.0. The highest BCUT2D eigenvalue weighted by Gasteiger charge is 2.39. The maximum atomic E-state index is 13.0. The Morgan fingerprint density at radius 2 is 0.662 bits per heavy atom. The molecule has 762 valence electrons. The molecule has 20 rings (SSSR count). The van der Waals surface area contributed by atoms with E-state index in [0.717, 1.165) is 205 Å². The van der Waals surface area contributed by atoms with Crippen LogP contribution >= 0.6 is 0 Å². The van der Waals surface area contributed by atoms with Gasteiger partial charge in [0.1, 0.15) is 47.4 Å². The van der Waals surface area contributed by atoms with E-state index in [0.29, 0.717) is 109 Å². The monoisotopic (exact) mass is 1980 g/mol. The highest BCUT2D eigenvalue weighted by Crippen LogP contribution is 2.45. The summed E-state index contributed by atoms with van der Waals surface area (Å²) in [5.41, 5.74) is 4.91. The number of rotatable bonds is 35. The minimum atomic E-state index is -3.72. The number of nitrogens with zero attached hydrogens (tertiary/aromatic N) is 15. The van der Waals surface area contributed by atoms with Crippen molar-refractivity contribution in [1.82, 2.24) is 127 Å². The molecule has 9 saturated carbocycles. The van der Waals surface area contributed by atoms with Gasteiger partial charge in [-0.3, -0.25) is 22.5 Å². The van der Waals surface area contributed by atoms with E-state index in [2.05, 4.69) is 165 Å². The van der Waals surface area contributed by atoms with Crippen LogP contribution in [0.3, 0.4) is 0 Å². The Morgan fingerprint density at radius 1 is 0.345 bits per heavy atom. The fourth-order valence-corrected chi connectivity index (χ4v) is 21.7. The topological polar surface area (TPSA) is 429 Å². The molecule has 1 aliphatic heterocycles. The Labute approximate surface area is 836 Å². The molecule has 9 unspecified atom stereocenters. The van der Waals surface area contributed by atoms with Crippen molar-refractivity contribution >= 4 is 50.8 Å². The quantitative estimate of drug-likeness (QED) is 0.0165. The Kier molecular flexibility index (Phi) is 37.2. The van der Waals surface area contributed by atoms with Gasteiger partial charge in [-0.05, 0) is 226 Å². The maximum absolute atomic E-state index is 13.0. The molecule has 0 radical (unpaired) electrons. The molecular weight excluding hydrogens is 1840 g/mol. The summed E-state index contributed by atoms with van der Waals surface area (Å²) in [6, 6.07) is 50.7. The number of carbonyl (C=O) groups excluding carboxylic acids is 5. The number of benzene rings is 5. The van der Waals surface area contributed by atoms with Crippen LogP contribution in [0.15, 0.2) is 162 Å². The average molecular weight is 1980 g/mol. The van der Waals surface area contributed by atoms with Gasteiger partial charge in [-0.15, -0.1) is 45.9 Å². The second-order valence-corrected chi connectivity index (χ2v) is 43.4. The van der Waals surface area contributed by atoms with Crippen molar-refractivity contribution < 1.29 is 46.1 Å². The minimum absolute atomic E-state index is 0.0235. The predicted octanol–water partition coefficient (Wildman–Crippen LogP) is 15.8. The minimum Gasteiger partial charge on any atom is -0.461 e. The Balaban J connectivity index is 0.000000128. The summed E-state index contributed by atoms with van der Waals surface area (Å²) in [5.74, 6) is 11.0. The summed E-state index contributed by atoms with van der Waals surface area (Å²) < 4.78 is 60.1. The summed E-state index contributed by atoms with van der Waals surface area (Å²) in [7, 11) is -5.06. The van der Waals surface area contributed by atoms with E-state index in [1.165, 1.54) is 77.0 Å². The van der Waals surface area contributed by atoms with Crippen LogP contribution in [0.1, 0.15) is 291 Å². The number of amides is 10. The van der Waals surface area contributed by atoms with E-state index >= 15 is 0 Å². The zero-order valence-corrected chi connectivity index (χ0v) is 84.5. The lowest BCUT2D eigenvalue weighted by Gasteiger charge is -2.29. The molecule has 9 aliphatic carbocycles. The van der Waals surface area contributed by atoms with Gasteiger partial charge in [-0.2, -0.15) is 0 Å². The van der Waals surface area contributed by atoms with Crippen LogP contribution in [-0.2, 0) is 38.2 Å². The van der Waals surface area contributed by atoms with E-state index in [9.17, 15) is 36.6 Å². The molecular formula is C105H145N25O10S2. The van der Waals surface area contributed by atoms with Crippen LogP contribution in [0.5, 0.6) is 6.01 Å². The van der Waals surface area contributed by atoms with Crippen LogP contribution in [0.25, 0.3) is 28.4 Å². The molecule has 9 atom stereocenters. The number of aryl methyl sites for hydroxylation is 2. The first-order chi connectivity index (χ1) is 69.3. The van der Waals surface area contributed by atoms with Gasteiger partial charge in [-0.25, -0.2) is 37.0 Å². The van der Waals surface area contributed by atoms with Gasteiger partial charge in [0.2, 0.25) is 15.0 Å². The van der Waals surface area contributed by atoms with Crippen molar-refractivity contribution in [1.29, 1.82) is 0 Å². The van der Waals surface area contributed by atoms with Gasteiger partial charge in [0, 0.05) is 141 Å². The van der Waals surface area contributed by atoms with Gasteiger partial charge < -0.3 is 62.6 Å². The van der Waals surface area contributed by atoms with Crippen molar-refractivity contribution in [2.24, 2.45) is 23.7 Å². The first kappa shape index (κ1) is 103. The second kappa shape index (κ2) is 51.3. The number of aromatic nitrogens is 15. The molecule has 35 nitrogen and oxygen atoms in total. The molecule has 0 bridgehead atoms. The van der Waals surface area contributed by atoms with Gasteiger partial charge in [-0.1, -0.05) is 175 Å². The van der Waals surface area contributed by atoms with Crippen LogP contribution < -0.4 is 57.9 Å². The molecule has 142 heavy (non-hydrogen) atoms. The van der Waals surface area contributed by atoms with Crippen LogP contribution in [0, 0.1) is 23.7 Å². The Bertz CT molecular complexity index is 5670. The first-order valence-corrected chi connectivity index (χ1v) is 55.4. The van der Waals surface area contributed by atoms with Gasteiger partial charge >= 0.3 is 36.2 Å². The van der Waals surface area contributed by atoms with E-state index in [4.69, 9.17) is 9.47 Å². The van der Waals surface area contributed by atoms with Crippen molar-refractivity contribution in [3.63, 3.8) is 0 Å². The number of hydrogen-bond acceptors (Lipinski definition) is 20. The highest BCUT2D eigenvalue weighted by molar-refractivity contribution is 7.91. The Morgan fingerprint density at radius 3 is 1.06 bits per heavy atom. The van der Waals surface area contributed by atoms with E-state index in [1.807, 2.05) is 137 Å². The fourth-order valence-electron chi connectivity index (χ4n) is 19.5. The van der Waals surface area contributed by atoms with Crippen molar-refractivity contribution in [2.75, 3.05) is 64.1 Å². The number of nitrogens with one attached hydrogen (secondary N) is 10. The number of carbonyl (C=O) groups is 5. The number of ether oxygens (including phenoxy) is 2. The SMILES string of the molecule is CC1CCCCC1NC(=O)NCCCc1nnc(C2CC2)n1-c1ccccc1.CC1CCCCC1NC(=O)NCCOc1nnc(C2CC2)n1-c1ccccc1.CC1CCCCC1NC(=O)NCCS(=O)(=O)c1nnc(C2CC2)n1-c1ccccc1.CC1CCCCC1NC(=O)NCCS(=O)c1nnc(C2CC2)n1-c1ccccc1.O=C(NCCCc1nnc(C2CC2)n1-c1ccccc1)NC1CCOCC1. The molecule has 10 aliphatic rings. The summed E-state index contributed by atoms with van der Waals surface area (Å²) in [4.78, 5) is 60.8. The lowest BCUT2D eigenvalue weighted by atomic mass is 9.86. The molecule has 10 amide bonds. The molecule has 10 aromatic rings. The highest BCUT2D eigenvalue weighted by atomic mass is 32.2. The zero-order valence-electron chi connectivity index (χ0n) is 82.8. The lowest BCUT2D eigenvalue weighted by molar-refractivity contribution is 0.0801. The molecule has 5 aromatic heterocycles. The summed E-state index contributed by atoms with van der Waals surface area (Å²) in [6.45, 7) is 12.6. The molecule has 37 heteroatoms. The largest absolute Gasteiger partial charge is 0.461 e. The van der Waals surface area contributed by atoms with Gasteiger partial charge in [0.25, 0.3) is 5.16 Å². The summed E-state index contributed by atoms with van der Waals surface area (Å²) in [5, 5.41) is 73.3. The third-order valence-electron chi connectivity index (χ3n) is 28.6. The fraction of sp³-hybridized carbons (Fsp3) is 0.571. The number of para-hydroxylation sites is 5. The molecule has 1 saturated heterocycles. The smallest absolute Gasteiger partial charge is 0.321 e. The number of urea groups is 5. The normalized spacial score (nSPS) is 21.3. The third kappa shape index (κ3) is 29.6. The number of hydrogen-bond donors (Lipinski definition) is 10. The average Bonchev–Trinajstić information content (AvgIpc) is 1.57. The first-order valence-electron chi connectivity index (χ1n) is 52.4. The van der Waals surface area contributed by atoms with Crippen molar-refractivity contribution in [2.45, 2.75) is 303 Å². The van der Waals surface area contributed by atoms with Crippen molar-refractivity contribution in [3.8, 4) is 34.4 Å². The number of sulfone groups is 1. The predicted molar refractivity (Wildman–Crippen MR) is 544 cm³/mol. The van der Waals surface area contributed by atoms with Crippen LogP contribution in [-0.4, -0.2) is 211 Å². The van der Waals surface area contributed by atoms with Gasteiger partial charge in [0.15, 0.2) is 0 Å². The lowest BCUT2D eigenvalue weighted by Crippen LogP contribution is -2.47. The Hall–Kier alpha value is -12.0. The molecule has 6 heterocycles. The van der Waals surface area contributed by atoms with Gasteiger partial charge in [0.05, 0.1) is 28.8 Å². The molecule has 0 spiro atoms. The van der Waals surface area contributed by atoms with Crippen molar-refractivity contribution in [3.05, 3.63) is 192 Å². The van der Waals surface area contributed by atoms with Crippen LogP contribution in [0.2, 0.25) is 0 Å². The van der Waals surface area contributed by atoms with E-state index in [-0.39, 0.29) is 77.7 Å². The summed E-state index contributed by atoms with van der Waals surface area (Å²) in [6.07, 6.45) is 34.8. The molecule has 10 N–H and O–H groups in total. The van der Waals surface area contributed by atoms with E-state index in [1.54, 1.807) is 4.57 Å². The van der Waals surface area contributed by atoms with E-state index < -0.39 is 20.6 Å². The third-order valence-corrected chi connectivity index (χ3v) is 31.4. The standard InChI is InChI=1S/C22H31N5O.C21H29N5O3S.C21H29N5O2S.C21H29N5O2.C20H27N5O2/c1-16-8-5-6-11-19(16)24-22(28)23-15-7-12-20-25-26-21(17-13-14-17)27(20)18-9-3-2-4-10-18;1-15-7-5-6-10-18(15)23-20(27)22-13-14-30(28,29)21-25-24-19(16-11-12-16)26(21)17-8-3-2-4-9-17;1-15-7-5-6-10-18(15)23-20(27)22-13-14-29(28)21-25-24-19(16-11-12-16)26(21)17-8-3-2-4-9-17;1-15-7-5-6-10-18(15)23-20(27)22-13-14-28-21-25-24-19(16-11-12-16)26(21)17-8-3-2-4-9-17;26-20(22-16-10-13-27-14-11-16)21-12-4-7-18-23-24-19(15-8-9-15)25(18)17-5-2-1-3-6-17/h2-4,9-10,16-17,19H,5-8,11-15H2,1H3,(H2,23,24,28);2-4,8-9,15-16,18H,5-7,10-14H2,1H3,(H2,22,23,27);2-4,8-9,15-16,18H,5-7,10-14H2,1H3,(H2,22,23,27);2-4,8-9,15-16,18H,5-7,10-14H2,1H3,(H2,22,23,27);1-3,5-6,15-16H,4,7-14H2,(H2,21,22,26). The zero-order chi connectivity index (χ0) is 98.5. The molecule has 10 fully saturated rings. The maximum Gasteiger partial charge on any atom is 0.321 e. The molecule has 5 aromatic carbocycles. The summed E-state index contributed by atoms with van der Waals surface area (Å²) >= 11 is 0.